The molecule has 21 heavy (non-hydrogen) atoms. The van der Waals surface area contributed by atoms with E-state index < -0.39 is 11.7 Å². The van der Waals surface area contributed by atoms with Crippen LogP contribution in [0, 0.1) is 0 Å². The molecule has 0 amide bonds. The molecule has 2 heterocycles. The molecule has 1 N–H and O–H groups in total. The number of alkyl halides is 3. The molecule has 0 atom stereocenters. The van der Waals surface area contributed by atoms with Crippen molar-refractivity contribution in [1.29, 1.82) is 0 Å². The lowest BCUT2D eigenvalue weighted by atomic mass is 10.2. The highest BCUT2D eigenvalue weighted by atomic mass is 19.4. The summed E-state index contributed by atoms with van der Waals surface area (Å²) in [5, 5.41) is 7.16. The first-order valence-electron chi connectivity index (χ1n) is 6.06. The van der Waals surface area contributed by atoms with Crippen molar-refractivity contribution >= 4 is 16.9 Å². The molecule has 0 saturated carbocycles. The fourth-order valence-electron chi connectivity index (χ4n) is 1.93. The van der Waals surface area contributed by atoms with Gasteiger partial charge in [-0.25, -0.2) is 9.67 Å². The zero-order chi connectivity index (χ0) is 15.0. The van der Waals surface area contributed by atoms with Crippen LogP contribution in [0.15, 0.2) is 36.7 Å². The Balaban J connectivity index is 2.21. The number of para-hydroxylation sites is 1. The van der Waals surface area contributed by atoms with Gasteiger partial charge < -0.3 is 5.32 Å². The van der Waals surface area contributed by atoms with Crippen molar-refractivity contribution in [1.82, 2.24) is 19.7 Å². The van der Waals surface area contributed by atoms with Crippen LogP contribution in [0.1, 0.15) is 5.56 Å². The Morgan fingerprint density at radius 1 is 1.14 bits per heavy atom. The Bertz CT molecular complexity index is 794. The first-order chi connectivity index (χ1) is 9.99. The molecule has 0 aliphatic heterocycles. The van der Waals surface area contributed by atoms with Gasteiger partial charge in [0.15, 0.2) is 5.82 Å². The van der Waals surface area contributed by atoms with Crippen molar-refractivity contribution in [3.63, 3.8) is 0 Å². The van der Waals surface area contributed by atoms with Crippen LogP contribution in [-0.2, 0) is 6.18 Å². The van der Waals surface area contributed by atoms with Gasteiger partial charge in [-0.1, -0.05) is 12.1 Å². The van der Waals surface area contributed by atoms with E-state index in [-0.39, 0.29) is 0 Å². The van der Waals surface area contributed by atoms with Crippen molar-refractivity contribution < 1.29 is 13.2 Å². The number of hydrogen-bond acceptors (Lipinski definition) is 4. The lowest BCUT2D eigenvalue weighted by molar-refractivity contribution is -0.137. The Hall–Kier alpha value is -2.64. The third-order valence-corrected chi connectivity index (χ3v) is 2.93. The van der Waals surface area contributed by atoms with Crippen LogP contribution in [0.25, 0.3) is 16.7 Å². The zero-order valence-corrected chi connectivity index (χ0v) is 10.9. The first-order valence-corrected chi connectivity index (χ1v) is 6.06. The summed E-state index contributed by atoms with van der Waals surface area (Å²) < 4.78 is 39.1. The number of nitrogens with one attached hydrogen (secondary N) is 1. The molecule has 5 nitrogen and oxygen atoms in total. The van der Waals surface area contributed by atoms with Crippen LogP contribution >= 0.6 is 0 Å². The summed E-state index contributed by atoms with van der Waals surface area (Å²) in [6.45, 7) is 0. The predicted molar refractivity (Wildman–Crippen MR) is 71.2 cm³/mol. The summed E-state index contributed by atoms with van der Waals surface area (Å²) in [4.78, 5) is 8.45. The van der Waals surface area contributed by atoms with E-state index in [0.717, 1.165) is 17.1 Å². The third-order valence-electron chi connectivity index (χ3n) is 2.93. The highest BCUT2D eigenvalue weighted by Gasteiger charge is 2.32. The number of aromatic nitrogens is 4. The number of fused-ring (bicyclic) bond motifs is 1. The monoisotopic (exact) mass is 293 g/mol. The fraction of sp³-hybridized carbons (Fsp3) is 0.154. The Morgan fingerprint density at radius 2 is 1.90 bits per heavy atom. The SMILES string of the molecule is CNc1nc(-n2cc(C(F)(F)F)cn2)c2ccccc2n1. The van der Waals surface area contributed by atoms with Gasteiger partial charge in [0.25, 0.3) is 0 Å². The lowest BCUT2D eigenvalue weighted by Gasteiger charge is -2.08. The molecule has 1 aromatic carbocycles. The van der Waals surface area contributed by atoms with E-state index in [2.05, 4.69) is 20.4 Å². The van der Waals surface area contributed by atoms with Gasteiger partial charge in [-0.15, -0.1) is 0 Å². The van der Waals surface area contributed by atoms with Gasteiger partial charge in [0.2, 0.25) is 5.95 Å². The minimum Gasteiger partial charge on any atom is -0.357 e. The smallest absolute Gasteiger partial charge is 0.357 e. The molecule has 0 aliphatic carbocycles. The van der Waals surface area contributed by atoms with Gasteiger partial charge in [0.1, 0.15) is 0 Å². The van der Waals surface area contributed by atoms with E-state index in [9.17, 15) is 13.2 Å². The molecular formula is C13H10F3N5. The highest BCUT2D eigenvalue weighted by Crippen LogP contribution is 2.30. The molecule has 8 heteroatoms. The van der Waals surface area contributed by atoms with Crippen molar-refractivity contribution in [2.24, 2.45) is 0 Å². The number of rotatable bonds is 2. The predicted octanol–water partition coefficient (Wildman–Crippen LogP) is 2.88. The lowest BCUT2D eigenvalue weighted by Crippen LogP contribution is -2.06. The molecule has 0 fully saturated rings. The molecule has 0 spiro atoms. The van der Waals surface area contributed by atoms with Crippen LogP contribution < -0.4 is 5.32 Å². The van der Waals surface area contributed by atoms with Crippen molar-refractivity contribution in [3.05, 3.63) is 42.2 Å². The van der Waals surface area contributed by atoms with Gasteiger partial charge in [0, 0.05) is 18.6 Å². The van der Waals surface area contributed by atoms with Crippen LogP contribution in [0.5, 0.6) is 0 Å². The van der Waals surface area contributed by atoms with E-state index in [1.165, 1.54) is 0 Å². The average Bonchev–Trinajstić information content (AvgIpc) is 2.95. The molecule has 0 radical (unpaired) electrons. The number of benzene rings is 1. The normalized spacial score (nSPS) is 11.8. The molecule has 0 unspecified atom stereocenters. The van der Waals surface area contributed by atoms with Gasteiger partial charge in [-0.3, -0.25) is 0 Å². The second-order valence-electron chi connectivity index (χ2n) is 4.31. The molecule has 0 bridgehead atoms. The van der Waals surface area contributed by atoms with Gasteiger partial charge in [-0.2, -0.15) is 23.3 Å². The third kappa shape index (κ3) is 2.39. The van der Waals surface area contributed by atoms with Crippen LogP contribution in [0.3, 0.4) is 0 Å². The second kappa shape index (κ2) is 4.72. The van der Waals surface area contributed by atoms with Crippen LogP contribution in [0.2, 0.25) is 0 Å². The summed E-state index contributed by atoms with van der Waals surface area (Å²) in [7, 11) is 1.64. The van der Waals surface area contributed by atoms with Crippen molar-refractivity contribution in [3.8, 4) is 5.82 Å². The molecule has 2 aromatic heterocycles. The van der Waals surface area contributed by atoms with E-state index >= 15 is 0 Å². The summed E-state index contributed by atoms with van der Waals surface area (Å²) >= 11 is 0. The van der Waals surface area contributed by atoms with Crippen molar-refractivity contribution in [2.75, 3.05) is 12.4 Å². The maximum Gasteiger partial charge on any atom is 0.419 e. The fourth-order valence-corrected chi connectivity index (χ4v) is 1.93. The highest BCUT2D eigenvalue weighted by molar-refractivity contribution is 5.86. The summed E-state index contributed by atoms with van der Waals surface area (Å²) in [5.41, 5.74) is -0.202. The number of nitrogens with zero attached hydrogens (tertiary/aromatic N) is 4. The van der Waals surface area contributed by atoms with E-state index in [0.29, 0.717) is 22.7 Å². The van der Waals surface area contributed by atoms with Gasteiger partial charge >= 0.3 is 6.18 Å². The summed E-state index contributed by atoms with van der Waals surface area (Å²) in [6, 6.07) is 7.06. The quantitative estimate of drug-likeness (QED) is 0.789. The first kappa shape index (κ1) is 13.3. The molecule has 0 aliphatic rings. The van der Waals surface area contributed by atoms with E-state index in [4.69, 9.17) is 0 Å². The summed E-state index contributed by atoms with van der Waals surface area (Å²) in [6.07, 6.45) is -2.75. The van der Waals surface area contributed by atoms with E-state index in [1.807, 2.05) is 0 Å². The maximum atomic E-state index is 12.7. The number of halogens is 3. The summed E-state index contributed by atoms with van der Waals surface area (Å²) in [5.74, 6) is 0.605. The van der Waals surface area contributed by atoms with Crippen LogP contribution in [-0.4, -0.2) is 26.8 Å². The Labute approximate surface area is 117 Å². The van der Waals surface area contributed by atoms with Gasteiger partial charge in [-0.05, 0) is 12.1 Å². The largest absolute Gasteiger partial charge is 0.419 e. The van der Waals surface area contributed by atoms with Gasteiger partial charge in [0.05, 0.1) is 17.3 Å². The second-order valence-corrected chi connectivity index (χ2v) is 4.31. The number of anilines is 1. The zero-order valence-electron chi connectivity index (χ0n) is 10.9. The molecular weight excluding hydrogens is 283 g/mol. The average molecular weight is 293 g/mol. The van der Waals surface area contributed by atoms with Crippen LogP contribution in [0.4, 0.5) is 19.1 Å². The minimum absolute atomic E-state index is 0.292. The topological polar surface area (TPSA) is 55.6 Å². The molecule has 108 valence electrons. The molecule has 0 saturated heterocycles. The molecule has 3 rings (SSSR count). The number of hydrogen-bond donors (Lipinski definition) is 1. The molecule has 3 aromatic rings. The maximum absolute atomic E-state index is 12.7. The standard InChI is InChI=1S/C13H10F3N5/c1-17-12-19-10-5-3-2-4-9(10)11(20-12)21-7-8(6-18-21)13(14,15)16/h2-7H,1H3,(H,17,19,20). The van der Waals surface area contributed by atoms with E-state index in [1.54, 1.807) is 31.3 Å². The minimum atomic E-state index is -4.44. The Kier molecular flexibility index (Phi) is 3.00. The Morgan fingerprint density at radius 3 is 2.57 bits per heavy atom. The van der Waals surface area contributed by atoms with Crippen molar-refractivity contribution in [2.45, 2.75) is 6.18 Å².